The van der Waals surface area contributed by atoms with Gasteiger partial charge in [0.2, 0.25) is 0 Å². The molecule has 1 aliphatic heterocycles. The van der Waals surface area contributed by atoms with Crippen LogP contribution in [0.2, 0.25) is 0 Å². The number of aromatic carboxylic acids is 1. The fourth-order valence-electron chi connectivity index (χ4n) is 4.92. The molecule has 1 fully saturated rings. The van der Waals surface area contributed by atoms with Crippen molar-refractivity contribution >= 4 is 28.8 Å². The number of carboxylic acid groups (broad SMARTS) is 1. The summed E-state index contributed by atoms with van der Waals surface area (Å²) in [5.41, 5.74) is 9.21. The SMILES string of the molecule is N=Cc1cc2c(cc1N)c(-c1ccc(F)c(C(=O)O)c1)c(C1CCOCC1)n2-c1ccc(F)c(F)c1. The summed E-state index contributed by atoms with van der Waals surface area (Å²) in [5, 5.41) is 17.9. The van der Waals surface area contributed by atoms with Crippen LogP contribution in [0.15, 0.2) is 48.5 Å². The lowest BCUT2D eigenvalue weighted by molar-refractivity contribution is 0.0692. The molecule has 9 heteroatoms. The monoisotopic (exact) mass is 493 g/mol. The number of rotatable bonds is 5. The number of hydrogen-bond acceptors (Lipinski definition) is 4. The van der Waals surface area contributed by atoms with Crippen molar-refractivity contribution in [1.82, 2.24) is 4.57 Å². The summed E-state index contributed by atoms with van der Waals surface area (Å²) < 4.78 is 49.9. The van der Waals surface area contributed by atoms with Gasteiger partial charge in [-0.05, 0) is 54.8 Å². The maximum Gasteiger partial charge on any atom is 0.338 e. The van der Waals surface area contributed by atoms with Crippen LogP contribution >= 0.6 is 0 Å². The highest BCUT2D eigenvalue weighted by Gasteiger charge is 2.29. The standard InChI is InChI=1S/C27H22F3N3O3/c28-20-3-1-15(9-18(20)27(34)35)25-19-12-23(32)16(13-31)10-24(19)33(17-2-4-21(29)22(30)11-17)26(25)14-5-7-36-8-6-14/h1-4,9-14,31H,5-8,32H2,(H,34,35). The van der Waals surface area contributed by atoms with Crippen molar-refractivity contribution in [3.05, 3.63) is 82.8 Å². The number of aromatic nitrogens is 1. The van der Waals surface area contributed by atoms with Crippen molar-refractivity contribution in [2.75, 3.05) is 18.9 Å². The third kappa shape index (κ3) is 3.91. The summed E-state index contributed by atoms with van der Waals surface area (Å²) in [6.07, 6.45) is 2.37. The van der Waals surface area contributed by atoms with Crippen molar-refractivity contribution in [3.63, 3.8) is 0 Å². The van der Waals surface area contributed by atoms with Crippen LogP contribution in [-0.2, 0) is 4.74 Å². The third-order valence-electron chi connectivity index (χ3n) is 6.62. The Balaban J connectivity index is 1.94. The molecule has 1 aromatic heterocycles. The van der Waals surface area contributed by atoms with Crippen LogP contribution in [0.25, 0.3) is 27.7 Å². The Kier molecular flexibility index (Phi) is 6.01. The number of nitrogen functional groups attached to an aromatic ring is 1. The highest BCUT2D eigenvalue weighted by Crippen LogP contribution is 2.45. The molecule has 0 radical (unpaired) electrons. The first-order chi connectivity index (χ1) is 17.3. The average molecular weight is 493 g/mol. The molecule has 36 heavy (non-hydrogen) atoms. The van der Waals surface area contributed by atoms with Crippen molar-refractivity contribution < 1.29 is 27.8 Å². The quantitative estimate of drug-likeness (QED) is 0.238. The van der Waals surface area contributed by atoms with E-state index < -0.39 is 29.0 Å². The average Bonchev–Trinajstić information content (AvgIpc) is 3.19. The van der Waals surface area contributed by atoms with Crippen LogP contribution in [0.1, 0.15) is 40.4 Å². The summed E-state index contributed by atoms with van der Waals surface area (Å²) in [7, 11) is 0. The molecule has 6 nitrogen and oxygen atoms in total. The van der Waals surface area contributed by atoms with E-state index in [0.717, 1.165) is 30.1 Å². The normalized spacial score (nSPS) is 14.3. The maximum absolute atomic E-state index is 14.4. The van der Waals surface area contributed by atoms with Crippen molar-refractivity contribution in [1.29, 1.82) is 5.41 Å². The number of nitrogens with two attached hydrogens (primary N) is 1. The van der Waals surface area contributed by atoms with Crippen LogP contribution in [0.3, 0.4) is 0 Å². The number of benzene rings is 3. The van der Waals surface area contributed by atoms with Crippen LogP contribution in [0, 0.1) is 22.9 Å². The van der Waals surface area contributed by atoms with Crippen molar-refractivity contribution in [3.8, 4) is 16.8 Å². The molecule has 4 aromatic rings. The number of fused-ring (bicyclic) bond motifs is 1. The first-order valence-electron chi connectivity index (χ1n) is 11.3. The lowest BCUT2D eigenvalue weighted by atomic mass is 9.89. The fraction of sp³-hybridized carbons (Fsp3) is 0.185. The minimum Gasteiger partial charge on any atom is -0.478 e. The zero-order valence-electron chi connectivity index (χ0n) is 19.0. The molecule has 0 spiro atoms. The second-order valence-corrected chi connectivity index (χ2v) is 8.72. The smallest absolute Gasteiger partial charge is 0.338 e. The first-order valence-corrected chi connectivity index (χ1v) is 11.3. The van der Waals surface area contributed by atoms with E-state index in [2.05, 4.69) is 0 Å². The number of nitrogens with one attached hydrogen (secondary N) is 1. The lowest BCUT2D eigenvalue weighted by Gasteiger charge is -2.26. The van der Waals surface area contributed by atoms with Crippen LogP contribution in [-0.4, -0.2) is 35.1 Å². The molecule has 0 saturated carbocycles. The van der Waals surface area contributed by atoms with Gasteiger partial charge in [0.05, 0.1) is 11.1 Å². The maximum atomic E-state index is 14.4. The first kappa shape index (κ1) is 23.6. The highest BCUT2D eigenvalue weighted by molar-refractivity contribution is 6.05. The van der Waals surface area contributed by atoms with Gasteiger partial charge in [0.1, 0.15) is 5.82 Å². The summed E-state index contributed by atoms with van der Waals surface area (Å²) in [6, 6.07) is 10.8. The zero-order valence-corrected chi connectivity index (χ0v) is 19.0. The van der Waals surface area contributed by atoms with Gasteiger partial charge in [0.15, 0.2) is 11.6 Å². The minimum absolute atomic E-state index is 0.0859. The molecular formula is C27H22F3N3O3. The van der Waals surface area contributed by atoms with Gasteiger partial charge in [-0.2, -0.15) is 0 Å². The lowest BCUT2D eigenvalue weighted by Crippen LogP contribution is -2.17. The molecule has 0 bridgehead atoms. The predicted octanol–water partition coefficient (Wildman–Crippen LogP) is 5.89. The Morgan fingerprint density at radius 1 is 1.03 bits per heavy atom. The van der Waals surface area contributed by atoms with E-state index >= 15 is 0 Å². The molecule has 0 atom stereocenters. The third-order valence-corrected chi connectivity index (χ3v) is 6.62. The van der Waals surface area contributed by atoms with Crippen LogP contribution < -0.4 is 5.73 Å². The van der Waals surface area contributed by atoms with E-state index in [1.807, 2.05) is 0 Å². The van der Waals surface area contributed by atoms with Crippen molar-refractivity contribution in [2.24, 2.45) is 0 Å². The second kappa shape index (κ2) is 9.16. The summed E-state index contributed by atoms with van der Waals surface area (Å²) in [4.78, 5) is 11.7. The number of nitrogens with zero attached hydrogens (tertiary/aromatic N) is 1. The molecule has 1 saturated heterocycles. The highest BCUT2D eigenvalue weighted by atomic mass is 19.2. The van der Waals surface area contributed by atoms with Gasteiger partial charge in [-0.15, -0.1) is 0 Å². The molecule has 5 rings (SSSR count). The summed E-state index contributed by atoms with van der Waals surface area (Å²) in [6.45, 7) is 0.974. The molecule has 4 N–H and O–H groups in total. The second-order valence-electron chi connectivity index (χ2n) is 8.72. The Bertz CT molecular complexity index is 1520. The van der Waals surface area contributed by atoms with Crippen LogP contribution in [0.5, 0.6) is 0 Å². The van der Waals surface area contributed by atoms with Crippen LogP contribution in [0.4, 0.5) is 18.9 Å². The molecule has 0 unspecified atom stereocenters. The Hall–Kier alpha value is -4.11. The number of ether oxygens (including phenoxy) is 1. The van der Waals surface area contributed by atoms with E-state index in [1.54, 1.807) is 16.7 Å². The number of carboxylic acids is 1. The molecule has 0 aliphatic carbocycles. The molecule has 3 aromatic carbocycles. The summed E-state index contributed by atoms with van der Waals surface area (Å²) >= 11 is 0. The van der Waals surface area contributed by atoms with E-state index in [0.29, 0.717) is 65.0 Å². The number of halogens is 3. The van der Waals surface area contributed by atoms with Gasteiger partial charge in [-0.1, -0.05) is 6.07 Å². The summed E-state index contributed by atoms with van der Waals surface area (Å²) in [5.74, 6) is -4.37. The molecule has 2 heterocycles. The fourth-order valence-corrected chi connectivity index (χ4v) is 4.92. The molecular weight excluding hydrogens is 471 g/mol. The minimum atomic E-state index is -1.41. The molecule has 0 amide bonds. The zero-order chi connectivity index (χ0) is 25.6. The molecule has 184 valence electrons. The predicted molar refractivity (Wildman–Crippen MR) is 131 cm³/mol. The van der Waals surface area contributed by atoms with E-state index in [1.165, 1.54) is 18.2 Å². The Morgan fingerprint density at radius 3 is 2.42 bits per heavy atom. The van der Waals surface area contributed by atoms with Crippen molar-refractivity contribution in [2.45, 2.75) is 18.8 Å². The number of anilines is 1. The van der Waals surface area contributed by atoms with Gasteiger partial charge in [0.25, 0.3) is 0 Å². The molecule has 1 aliphatic rings. The topological polar surface area (TPSA) is 101 Å². The van der Waals surface area contributed by atoms with Gasteiger partial charge in [0, 0.05) is 65.0 Å². The number of hydrogen-bond donors (Lipinski definition) is 3. The Morgan fingerprint density at radius 2 is 1.75 bits per heavy atom. The van der Waals surface area contributed by atoms with Gasteiger partial charge in [-0.25, -0.2) is 18.0 Å². The van der Waals surface area contributed by atoms with E-state index in [-0.39, 0.29) is 5.92 Å². The number of carbonyl (C=O) groups is 1. The van der Waals surface area contributed by atoms with Gasteiger partial charge in [-0.3, -0.25) is 0 Å². The van der Waals surface area contributed by atoms with Gasteiger partial charge < -0.3 is 25.6 Å². The van der Waals surface area contributed by atoms with E-state index in [9.17, 15) is 23.1 Å². The Labute approximate surface area is 204 Å². The van der Waals surface area contributed by atoms with E-state index in [4.69, 9.17) is 15.9 Å². The largest absolute Gasteiger partial charge is 0.478 e. The van der Waals surface area contributed by atoms with Gasteiger partial charge >= 0.3 is 5.97 Å².